The van der Waals surface area contributed by atoms with Crippen molar-refractivity contribution in [2.24, 2.45) is 0 Å². The maximum Gasteiger partial charge on any atom is 0.0605 e. The molecule has 3 rings (SSSR count). The lowest BCUT2D eigenvalue weighted by Gasteiger charge is -2.31. The molecule has 1 aromatic carbocycles. The smallest absolute Gasteiger partial charge is 0.0605 e. The van der Waals surface area contributed by atoms with E-state index < -0.39 is 8.07 Å². The molecule has 0 radical (unpaired) electrons. The maximum absolute atomic E-state index is 10.5. The van der Waals surface area contributed by atoms with Gasteiger partial charge in [0.15, 0.2) is 0 Å². The summed E-state index contributed by atoms with van der Waals surface area (Å²) < 4.78 is 0. The maximum atomic E-state index is 10.5. The van der Waals surface area contributed by atoms with Gasteiger partial charge < -0.3 is 10.0 Å². The summed E-state index contributed by atoms with van der Waals surface area (Å²) in [6, 6.07) is 9.16. The predicted octanol–water partition coefficient (Wildman–Crippen LogP) is 2.50. The summed E-state index contributed by atoms with van der Waals surface area (Å²) in [6.45, 7) is 8.29. The summed E-state index contributed by atoms with van der Waals surface area (Å²) in [7, 11) is -1.30. The van der Waals surface area contributed by atoms with Crippen molar-refractivity contribution >= 4 is 13.8 Å². The molecule has 0 amide bonds. The van der Waals surface area contributed by atoms with Crippen LogP contribution in [0.1, 0.15) is 5.56 Å². The van der Waals surface area contributed by atoms with Gasteiger partial charge in [-0.25, -0.2) is 0 Å². The first-order valence-corrected chi connectivity index (χ1v) is 10.1. The van der Waals surface area contributed by atoms with Gasteiger partial charge in [0.25, 0.3) is 0 Å². The monoisotopic (exact) mass is 247 g/mol. The van der Waals surface area contributed by atoms with E-state index in [4.69, 9.17) is 0 Å². The van der Waals surface area contributed by atoms with Crippen LogP contribution in [0.15, 0.2) is 24.3 Å². The predicted molar refractivity (Wildman–Crippen MR) is 74.4 cm³/mol. The number of anilines is 1. The van der Waals surface area contributed by atoms with Crippen LogP contribution in [0.5, 0.6) is 0 Å². The van der Waals surface area contributed by atoms with Gasteiger partial charge in [-0.1, -0.05) is 37.8 Å². The van der Waals surface area contributed by atoms with Crippen molar-refractivity contribution in [3.63, 3.8) is 0 Å². The van der Waals surface area contributed by atoms with Gasteiger partial charge in [0.05, 0.1) is 14.2 Å². The number of aliphatic hydroxyl groups is 1. The van der Waals surface area contributed by atoms with E-state index >= 15 is 0 Å². The highest BCUT2D eigenvalue weighted by Gasteiger charge is 2.51. The molecule has 2 aliphatic heterocycles. The molecule has 1 fully saturated rings. The molecule has 2 nitrogen and oxygen atoms in total. The molecule has 92 valence electrons. The van der Waals surface area contributed by atoms with E-state index in [1.54, 1.807) is 0 Å². The quantitative estimate of drug-likeness (QED) is 0.609. The van der Waals surface area contributed by atoms with Gasteiger partial charge in [-0.2, -0.15) is 0 Å². The highest BCUT2D eigenvalue weighted by atomic mass is 28.3. The molecule has 1 saturated heterocycles. The molecular weight excluding hydrogens is 226 g/mol. The topological polar surface area (TPSA) is 23.2 Å². The zero-order valence-electron chi connectivity index (χ0n) is 10.9. The molecule has 1 aromatic rings. The molecule has 0 bridgehead atoms. The molecule has 17 heavy (non-hydrogen) atoms. The fourth-order valence-corrected chi connectivity index (χ4v) is 6.18. The molecule has 0 aliphatic carbocycles. The Balaban J connectivity index is 1.99. The summed E-state index contributed by atoms with van der Waals surface area (Å²) in [5, 5.41) is 10.5. The third-order valence-electron chi connectivity index (χ3n) is 4.21. The van der Waals surface area contributed by atoms with Crippen molar-refractivity contribution in [3.8, 4) is 0 Å². The van der Waals surface area contributed by atoms with Crippen LogP contribution in [0.25, 0.3) is 0 Å². The highest BCUT2D eigenvalue weighted by molar-refractivity contribution is 6.78. The van der Waals surface area contributed by atoms with Gasteiger partial charge in [-0.15, -0.1) is 0 Å². The van der Waals surface area contributed by atoms with Gasteiger partial charge in [0, 0.05) is 30.2 Å². The fourth-order valence-electron chi connectivity index (χ4n) is 3.47. The SMILES string of the molecule is C[Si](C)(C)[C@@H]1[C@H]2CN2c2ccccc2C[C@@H]1O. The number of hydrogen-bond acceptors (Lipinski definition) is 2. The molecule has 2 aliphatic rings. The van der Waals surface area contributed by atoms with Crippen molar-refractivity contribution in [1.29, 1.82) is 0 Å². The minimum absolute atomic E-state index is 0.152. The number of fused-ring (bicyclic) bond motifs is 3. The first-order valence-electron chi connectivity index (χ1n) is 6.51. The molecule has 0 saturated carbocycles. The van der Waals surface area contributed by atoms with Crippen molar-refractivity contribution in [3.05, 3.63) is 29.8 Å². The van der Waals surface area contributed by atoms with Crippen LogP contribution >= 0.6 is 0 Å². The van der Waals surface area contributed by atoms with Crippen molar-refractivity contribution in [1.82, 2.24) is 0 Å². The van der Waals surface area contributed by atoms with Crippen molar-refractivity contribution in [2.45, 2.75) is 43.7 Å². The second-order valence-corrected chi connectivity index (χ2v) is 11.9. The number of benzene rings is 1. The van der Waals surface area contributed by atoms with Crippen LogP contribution in [-0.2, 0) is 6.42 Å². The number of hydrogen-bond donors (Lipinski definition) is 1. The molecule has 0 spiro atoms. The van der Waals surface area contributed by atoms with Gasteiger partial charge in [-0.3, -0.25) is 0 Å². The first-order chi connectivity index (χ1) is 7.98. The van der Waals surface area contributed by atoms with E-state index in [9.17, 15) is 5.11 Å². The molecule has 0 aromatic heterocycles. The molecular formula is C14H21NOSi. The lowest BCUT2D eigenvalue weighted by atomic mass is 10.0. The third-order valence-corrected chi connectivity index (χ3v) is 6.98. The Hall–Kier alpha value is -0.803. The minimum atomic E-state index is -1.30. The van der Waals surface area contributed by atoms with E-state index in [0.717, 1.165) is 13.0 Å². The average molecular weight is 247 g/mol. The second-order valence-electron chi connectivity index (χ2n) is 6.51. The summed E-state index contributed by atoms with van der Waals surface area (Å²) in [5.41, 5.74) is 3.19. The van der Waals surface area contributed by atoms with Gasteiger partial charge in [-0.05, 0) is 11.6 Å². The lowest BCUT2D eigenvalue weighted by molar-refractivity contribution is 0.164. The van der Waals surface area contributed by atoms with E-state index in [1.807, 2.05) is 0 Å². The normalized spacial score (nSPS) is 31.5. The Morgan fingerprint density at radius 3 is 2.65 bits per heavy atom. The molecule has 2 heterocycles. The van der Waals surface area contributed by atoms with E-state index in [1.165, 1.54) is 11.3 Å². The van der Waals surface area contributed by atoms with E-state index in [0.29, 0.717) is 11.6 Å². The summed E-state index contributed by atoms with van der Waals surface area (Å²) in [6.07, 6.45) is 0.679. The Morgan fingerprint density at radius 1 is 1.24 bits per heavy atom. The zero-order chi connectivity index (χ0) is 12.2. The summed E-state index contributed by atoms with van der Waals surface area (Å²) >= 11 is 0. The third kappa shape index (κ3) is 1.81. The fraction of sp³-hybridized carbons (Fsp3) is 0.571. The lowest BCUT2D eigenvalue weighted by Crippen LogP contribution is -2.40. The van der Waals surface area contributed by atoms with Gasteiger partial charge in [0.2, 0.25) is 0 Å². The highest BCUT2D eigenvalue weighted by Crippen LogP contribution is 2.47. The average Bonchev–Trinajstić information content (AvgIpc) is 2.95. The summed E-state index contributed by atoms with van der Waals surface area (Å²) in [4.78, 5) is 2.48. The Morgan fingerprint density at radius 2 is 1.94 bits per heavy atom. The Kier molecular flexibility index (Phi) is 2.39. The standard InChI is InChI=1S/C14H21NOSi/c1-17(2,3)14-12-9-15(12)11-7-5-4-6-10(11)8-13(14)16/h4-7,12-14,16H,8-9H2,1-3H3/t12-,13+,14-,15?/m1/s1. The Labute approximate surface area is 104 Å². The summed E-state index contributed by atoms with van der Waals surface area (Å²) in [5.74, 6) is 0. The number of para-hydroxylation sites is 1. The van der Waals surface area contributed by atoms with Crippen molar-refractivity contribution in [2.75, 3.05) is 11.4 Å². The van der Waals surface area contributed by atoms with Gasteiger partial charge in [0.1, 0.15) is 0 Å². The van der Waals surface area contributed by atoms with Crippen LogP contribution in [0.2, 0.25) is 25.2 Å². The van der Waals surface area contributed by atoms with Crippen LogP contribution in [0.3, 0.4) is 0 Å². The molecule has 3 heteroatoms. The number of rotatable bonds is 1. The number of nitrogens with zero attached hydrogens (tertiary/aromatic N) is 1. The zero-order valence-corrected chi connectivity index (χ0v) is 11.9. The minimum Gasteiger partial charge on any atom is -0.393 e. The molecule has 1 N–H and O–H groups in total. The van der Waals surface area contributed by atoms with Crippen LogP contribution in [0.4, 0.5) is 5.69 Å². The van der Waals surface area contributed by atoms with Gasteiger partial charge >= 0.3 is 0 Å². The van der Waals surface area contributed by atoms with Crippen molar-refractivity contribution < 1.29 is 5.11 Å². The van der Waals surface area contributed by atoms with Crippen LogP contribution in [0, 0.1) is 0 Å². The first kappa shape index (κ1) is 11.3. The largest absolute Gasteiger partial charge is 0.393 e. The molecule has 3 atom stereocenters. The van der Waals surface area contributed by atoms with E-state index in [2.05, 4.69) is 48.8 Å². The second kappa shape index (κ2) is 3.59. The number of aliphatic hydroxyl groups excluding tert-OH is 1. The Bertz CT molecular complexity index is 438. The molecule has 0 unspecified atom stereocenters. The van der Waals surface area contributed by atoms with Crippen LogP contribution in [-0.4, -0.2) is 31.9 Å². The van der Waals surface area contributed by atoms with Crippen LogP contribution < -0.4 is 4.90 Å². The van der Waals surface area contributed by atoms with E-state index in [-0.39, 0.29) is 6.10 Å².